The summed E-state index contributed by atoms with van der Waals surface area (Å²) in [6.07, 6.45) is 5.27. The van der Waals surface area contributed by atoms with Crippen molar-refractivity contribution in [1.82, 2.24) is 15.2 Å². The number of aromatic nitrogens is 1. The van der Waals surface area contributed by atoms with Crippen molar-refractivity contribution in [2.24, 2.45) is 0 Å². The molecule has 1 atom stereocenters. The van der Waals surface area contributed by atoms with Crippen molar-refractivity contribution >= 4 is 29.5 Å². The Bertz CT molecular complexity index is 1130. The Morgan fingerprint density at radius 3 is 2.74 bits per heavy atom. The lowest BCUT2D eigenvalue weighted by molar-refractivity contribution is -0.178. The maximum absolute atomic E-state index is 13.9. The van der Waals surface area contributed by atoms with Crippen LogP contribution in [0.15, 0.2) is 48.5 Å². The minimum absolute atomic E-state index is 0.182. The van der Waals surface area contributed by atoms with E-state index in [1.807, 2.05) is 36.3 Å². The molecule has 2 aliphatic heterocycles. The number of methoxy groups -OCH3 is 1. The van der Waals surface area contributed by atoms with Gasteiger partial charge in [-0.05, 0) is 17.0 Å². The van der Waals surface area contributed by atoms with Crippen LogP contribution in [0, 0.1) is 0 Å². The van der Waals surface area contributed by atoms with E-state index in [1.165, 1.54) is 19.6 Å². The third-order valence-electron chi connectivity index (χ3n) is 6.56. The molecule has 0 spiro atoms. The summed E-state index contributed by atoms with van der Waals surface area (Å²) in [7, 11) is 1.51. The highest BCUT2D eigenvalue weighted by Gasteiger charge is 2.59. The van der Waals surface area contributed by atoms with Crippen molar-refractivity contribution < 1.29 is 19.1 Å². The van der Waals surface area contributed by atoms with Crippen LogP contribution in [0.25, 0.3) is 0 Å². The van der Waals surface area contributed by atoms with E-state index in [4.69, 9.17) is 21.1 Å². The lowest BCUT2D eigenvalue weighted by Crippen LogP contribution is -2.74. The van der Waals surface area contributed by atoms with Crippen LogP contribution in [0.1, 0.15) is 44.2 Å². The summed E-state index contributed by atoms with van der Waals surface area (Å²) in [6.45, 7) is 6.94. The van der Waals surface area contributed by atoms with Gasteiger partial charge in [-0.25, -0.2) is 9.88 Å². The lowest BCUT2D eigenvalue weighted by atomic mass is 9.69. The number of halogens is 1. The average Bonchev–Trinajstić information content (AvgIpc) is 3.24. The normalized spacial score (nSPS) is 21.2. The van der Waals surface area contributed by atoms with Crippen LogP contribution in [0.4, 0.5) is 5.69 Å². The number of rotatable bonds is 8. The van der Waals surface area contributed by atoms with Crippen molar-refractivity contribution in [2.45, 2.75) is 44.4 Å². The zero-order chi connectivity index (χ0) is 24.5. The van der Waals surface area contributed by atoms with Crippen molar-refractivity contribution in [3.63, 3.8) is 0 Å². The molecule has 1 aromatic heterocycles. The van der Waals surface area contributed by atoms with Crippen molar-refractivity contribution in [3.05, 3.63) is 64.8 Å². The predicted octanol–water partition coefficient (Wildman–Crippen LogP) is 3.69. The molecule has 8 nitrogen and oxygen atoms in total. The summed E-state index contributed by atoms with van der Waals surface area (Å²) in [5.74, 6) is -0.430. The van der Waals surface area contributed by atoms with Gasteiger partial charge in [0.25, 0.3) is 6.29 Å². The van der Waals surface area contributed by atoms with E-state index < -0.39 is 11.3 Å². The van der Waals surface area contributed by atoms with Crippen LogP contribution in [-0.4, -0.2) is 48.1 Å². The molecule has 4 rings (SSSR count). The Labute approximate surface area is 204 Å². The number of nitrogens with zero attached hydrogens (tertiary/aromatic N) is 2. The number of nitrogens with one attached hydrogen (secondary N) is 2. The molecular formula is C25H28ClN4O4. The molecule has 1 saturated heterocycles. The number of allylic oxidation sites excluding steroid dienone is 1. The first kappa shape index (κ1) is 24.0. The van der Waals surface area contributed by atoms with E-state index in [0.29, 0.717) is 30.9 Å². The average molecular weight is 484 g/mol. The van der Waals surface area contributed by atoms with Gasteiger partial charge in [-0.15, -0.1) is 0 Å². The standard InChI is InChI=1S/C25H28ClN4O4/c1-5-25(29-17(12-31)13-34-25)30-14-24(15-30,19-9-7-6-8-18(19)16(2)3)23(32)28-20-11-27-22(26)10-21(20)33-4/h6-11,13,16,29H,5,14-15H2,1-4H3,(H,28,32). The Hall–Kier alpha value is -3.10. The molecule has 179 valence electrons. The Balaban J connectivity index is 1.70. The molecule has 9 heteroatoms. The number of benzene rings is 1. The van der Waals surface area contributed by atoms with Gasteiger partial charge in [0.15, 0.2) is 0 Å². The molecule has 3 heterocycles. The van der Waals surface area contributed by atoms with Crippen LogP contribution < -0.4 is 15.4 Å². The Morgan fingerprint density at radius 1 is 1.38 bits per heavy atom. The van der Waals surface area contributed by atoms with E-state index in [2.05, 4.69) is 35.5 Å². The Kier molecular flexibility index (Phi) is 6.55. The fourth-order valence-corrected chi connectivity index (χ4v) is 4.82. The highest BCUT2D eigenvalue weighted by atomic mass is 35.5. The van der Waals surface area contributed by atoms with Crippen molar-refractivity contribution in [3.8, 4) is 5.75 Å². The van der Waals surface area contributed by atoms with E-state index in [1.54, 1.807) is 6.07 Å². The van der Waals surface area contributed by atoms with Crippen LogP contribution in [0.3, 0.4) is 0 Å². The molecule has 0 bridgehead atoms. The summed E-state index contributed by atoms with van der Waals surface area (Å²) >= 11 is 6.00. The van der Waals surface area contributed by atoms with Crippen LogP contribution >= 0.6 is 11.6 Å². The Morgan fingerprint density at radius 2 is 2.12 bits per heavy atom. The number of anilines is 1. The zero-order valence-corrected chi connectivity index (χ0v) is 20.4. The second-order valence-corrected chi connectivity index (χ2v) is 9.24. The van der Waals surface area contributed by atoms with Gasteiger partial charge in [0.2, 0.25) is 11.8 Å². The topological polar surface area (TPSA) is 92.8 Å². The largest absolute Gasteiger partial charge is 0.494 e. The summed E-state index contributed by atoms with van der Waals surface area (Å²) in [4.78, 5) is 31.2. The second-order valence-electron chi connectivity index (χ2n) is 8.86. The van der Waals surface area contributed by atoms with E-state index in [9.17, 15) is 9.59 Å². The number of ether oxygens (including phenoxy) is 2. The maximum atomic E-state index is 13.9. The molecule has 34 heavy (non-hydrogen) atoms. The predicted molar refractivity (Wildman–Crippen MR) is 129 cm³/mol. The summed E-state index contributed by atoms with van der Waals surface area (Å²) < 4.78 is 11.3. The SMILES string of the molecule is CCC1(N2CC(C(=O)Nc3cnc(Cl)cc3OC)(c3ccccc3C(C)C)C2)NC([C]=O)=CO1. The third kappa shape index (κ3) is 4.01. The number of carbonyl (C=O) groups excluding carboxylic acids is 2. The number of carbonyl (C=O) groups is 1. The third-order valence-corrected chi connectivity index (χ3v) is 6.76. The quantitative estimate of drug-likeness (QED) is 0.553. The number of hydrogen-bond acceptors (Lipinski definition) is 7. The number of likely N-dealkylation sites (tertiary alicyclic amines) is 1. The van der Waals surface area contributed by atoms with Gasteiger partial charge in [-0.3, -0.25) is 9.59 Å². The van der Waals surface area contributed by atoms with Crippen LogP contribution in [0.5, 0.6) is 5.75 Å². The number of hydrogen-bond donors (Lipinski definition) is 2. The first-order valence-corrected chi connectivity index (χ1v) is 11.6. The number of amides is 1. The molecular weight excluding hydrogens is 456 g/mol. The van der Waals surface area contributed by atoms with Crippen molar-refractivity contribution in [2.75, 3.05) is 25.5 Å². The fraction of sp³-hybridized carbons (Fsp3) is 0.400. The second kappa shape index (κ2) is 9.27. The maximum Gasteiger partial charge on any atom is 0.254 e. The van der Waals surface area contributed by atoms with Gasteiger partial charge < -0.3 is 20.1 Å². The van der Waals surface area contributed by atoms with Gasteiger partial charge >= 0.3 is 0 Å². The first-order valence-electron chi connectivity index (χ1n) is 11.2. The summed E-state index contributed by atoms with van der Waals surface area (Å²) in [6, 6.07) is 9.56. The van der Waals surface area contributed by atoms with E-state index >= 15 is 0 Å². The highest BCUT2D eigenvalue weighted by molar-refractivity contribution is 6.29. The van der Waals surface area contributed by atoms with Gasteiger partial charge in [-0.2, -0.15) is 0 Å². The van der Waals surface area contributed by atoms with Gasteiger partial charge in [0, 0.05) is 25.6 Å². The molecule has 0 saturated carbocycles. The minimum atomic E-state index is -0.900. The van der Waals surface area contributed by atoms with E-state index in [-0.39, 0.29) is 22.7 Å². The van der Waals surface area contributed by atoms with Gasteiger partial charge in [-0.1, -0.05) is 56.6 Å². The molecule has 1 unspecified atom stereocenters. The first-order chi connectivity index (χ1) is 16.3. The molecule has 1 aromatic carbocycles. The van der Waals surface area contributed by atoms with Crippen LogP contribution in [0.2, 0.25) is 5.15 Å². The minimum Gasteiger partial charge on any atom is -0.494 e. The van der Waals surface area contributed by atoms with Gasteiger partial charge in [0.1, 0.15) is 34.0 Å². The monoisotopic (exact) mass is 483 g/mol. The van der Waals surface area contributed by atoms with Gasteiger partial charge in [0.05, 0.1) is 13.3 Å². The molecule has 1 fully saturated rings. The van der Waals surface area contributed by atoms with Crippen LogP contribution in [-0.2, 0) is 19.7 Å². The zero-order valence-electron chi connectivity index (χ0n) is 19.6. The summed E-state index contributed by atoms with van der Waals surface area (Å²) in [5.41, 5.74) is 1.90. The molecule has 2 aliphatic rings. The molecule has 2 N–H and O–H groups in total. The highest BCUT2D eigenvalue weighted by Crippen LogP contribution is 2.44. The van der Waals surface area contributed by atoms with E-state index in [0.717, 1.165) is 11.1 Å². The van der Waals surface area contributed by atoms with Crippen molar-refractivity contribution in [1.29, 1.82) is 0 Å². The number of pyridine rings is 1. The summed E-state index contributed by atoms with van der Waals surface area (Å²) in [5, 5.41) is 6.39. The smallest absolute Gasteiger partial charge is 0.254 e. The molecule has 1 radical (unpaired) electrons. The molecule has 2 aromatic rings. The lowest BCUT2D eigenvalue weighted by Gasteiger charge is -2.55. The molecule has 1 amide bonds. The molecule has 0 aliphatic carbocycles. The fourth-order valence-electron chi connectivity index (χ4n) is 4.68.